The minimum Gasteiger partial charge on any atom is -0.392 e. The third kappa shape index (κ3) is 2.64. The van der Waals surface area contributed by atoms with Gasteiger partial charge in [-0.25, -0.2) is 0 Å². The molecule has 96 valence electrons. The van der Waals surface area contributed by atoms with Gasteiger partial charge in [-0.1, -0.05) is 11.6 Å². The summed E-state index contributed by atoms with van der Waals surface area (Å²) in [7, 11) is 1.86. The molecule has 2 rings (SSSR count). The molecular formula is C12H19ClN2O2. The van der Waals surface area contributed by atoms with E-state index in [4.69, 9.17) is 16.3 Å². The number of nitrogens with zero attached hydrogens (tertiary/aromatic N) is 2. The molecule has 0 aliphatic carbocycles. The van der Waals surface area contributed by atoms with Crippen molar-refractivity contribution in [2.45, 2.75) is 38.9 Å². The van der Waals surface area contributed by atoms with Crippen LogP contribution in [-0.4, -0.2) is 33.7 Å². The number of hydrogen-bond acceptors (Lipinski definition) is 3. The fourth-order valence-corrected chi connectivity index (χ4v) is 2.62. The monoisotopic (exact) mass is 258 g/mol. The minimum absolute atomic E-state index is 0.205. The van der Waals surface area contributed by atoms with Crippen LogP contribution in [0.15, 0.2) is 0 Å². The second-order valence-corrected chi connectivity index (χ2v) is 5.26. The van der Waals surface area contributed by atoms with Crippen LogP contribution in [0.2, 0.25) is 5.02 Å². The van der Waals surface area contributed by atoms with E-state index in [1.165, 1.54) is 0 Å². The van der Waals surface area contributed by atoms with Crippen molar-refractivity contribution in [2.75, 3.05) is 6.61 Å². The molecule has 2 heterocycles. The molecule has 1 saturated heterocycles. The van der Waals surface area contributed by atoms with Gasteiger partial charge in [-0.05, 0) is 20.3 Å². The summed E-state index contributed by atoms with van der Waals surface area (Å²) in [6.45, 7) is 4.55. The van der Waals surface area contributed by atoms with Crippen LogP contribution in [0, 0.1) is 12.8 Å². The Morgan fingerprint density at radius 1 is 1.65 bits per heavy atom. The van der Waals surface area contributed by atoms with E-state index in [1.54, 1.807) is 4.68 Å². The molecule has 0 aromatic carbocycles. The van der Waals surface area contributed by atoms with Crippen LogP contribution in [0.5, 0.6) is 0 Å². The van der Waals surface area contributed by atoms with Gasteiger partial charge >= 0.3 is 0 Å². The first kappa shape index (κ1) is 12.9. The number of aliphatic hydroxyl groups is 1. The zero-order valence-electron chi connectivity index (χ0n) is 10.5. The summed E-state index contributed by atoms with van der Waals surface area (Å²) in [5, 5.41) is 15.1. The Morgan fingerprint density at radius 2 is 2.35 bits per heavy atom. The van der Waals surface area contributed by atoms with Crippen molar-refractivity contribution in [1.82, 2.24) is 9.78 Å². The van der Waals surface area contributed by atoms with Crippen LogP contribution in [0.1, 0.15) is 24.7 Å². The molecule has 3 atom stereocenters. The highest BCUT2D eigenvalue weighted by Gasteiger charge is 2.29. The van der Waals surface area contributed by atoms with Crippen molar-refractivity contribution >= 4 is 11.6 Å². The predicted octanol–water partition coefficient (Wildman–Crippen LogP) is 1.71. The molecule has 1 aliphatic rings. The highest BCUT2D eigenvalue weighted by molar-refractivity contribution is 6.31. The molecule has 1 fully saturated rings. The van der Waals surface area contributed by atoms with E-state index in [1.807, 2.05) is 20.9 Å². The number of aliphatic hydroxyl groups excluding tert-OH is 1. The van der Waals surface area contributed by atoms with E-state index in [-0.39, 0.29) is 12.0 Å². The molecule has 1 aromatic heterocycles. The molecular weight excluding hydrogens is 240 g/mol. The lowest BCUT2D eigenvalue weighted by molar-refractivity contribution is 0.0797. The second-order valence-electron chi connectivity index (χ2n) is 4.88. The standard InChI is InChI=1S/C12H19ClN2O2/c1-7-4-9(6-17-7)11(16)5-10-12(13)8(2)14-15(10)3/h7,9,11,16H,4-6H2,1-3H3. The first-order valence-corrected chi connectivity index (χ1v) is 6.34. The van der Waals surface area contributed by atoms with Crippen LogP contribution in [0.3, 0.4) is 0 Å². The van der Waals surface area contributed by atoms with Gasteiger partial charge in [0, 0.05) is 19.4 Å². The molecule has 0 amide bonds. The molecule has 1 aliphatic heterocycles. The molecule has 4 nitrogen and oxygen atoms in total. The topological polar surface area (TPSA) is 47.3 Å². The minimum atomic E-state index is -0.410. The first-order valence-electron chi connectivity index (χ1n) is 5.96. The number of ether oxygens (including phenoxy) is 1. The Bertz CT molecular complexity index is 405. The zero-order valence-corrected chi connectivity index (χ0v) is 11.2. The van der Waals surface area contributed by atoms with Gasteiger partial charge in [0.1, 0.15) is 0 Å². The molecule has 0 radical (unpaired) electrons. The lowest BCUT2D eigenvalue weighted by Gasteiger charge is -2.16. The molecule has 5 heteroatoms. The van der Waals surface area contributed by atoms with E-state index in [2.05, 4.69) is 5.10 Å². The van der Waals surface area contributed by atoms with Crippen LogP contribution >= 0.6 is 11.6 Å². The van der Waals surface area contributed by atoms with Crippen LogP contribution in [0.25, 0.3) is 0 Å². The Labute approximate surface area is 107 Å². The van der Waals surface area contributed by atoms with Crippen molar-refractivity contribution in [2.24, 2.45) is 13.0 Å². The van der Waals surface area contributed by atoms with Crippen LogP contribution < -0.4 is 0 Å². The molecule has 0 bridgehead atoms. The van der Waals surface area contributed by atoms with E-state index < -0.39 is 6.10 Å². The summed E-state index contributed by atoms with van der Waals surface area (Å²) in [6.07, 6.45) is 1.29. The molecule has 17 heavy (non-hydrogen) atoms. The maximum atomic E-state index is 10.2. The number of halogens is 1. The Hall–Kier alpha value is -0.580. The van der Waals surface area contributed by atoms with Gasteiger partial charge in [0.2, 0.25) is 0 Å². The number of hydrogen-bond donors (Lipinski definition) is 1. The normalized spacial score (nSPS) is 26.4. The van der Waals surface area contributed by atoms with E-state index in [0.29, 0.717) is 18.1 Å². The summed E-state index contributed by atoms with van der Waals surface area (Å²) in [5.74, 6) is 0.205. The van der Waals surface area contributed by atoms with E-state index >= 15 is 0 Å². The fraction of sp³-hybridized carbons (Fsp3) is 0.750. The predicted molar refractivity (Wildman–Crippen MR) is 66.2 cm³/mol. The summed E-state index contributed by atoms with van der Waals surface area (Å²) in [6, 6.07) is 0. The summed E-state index contributed by atoms with van der Waals surface area (Å²) >= 11 is 6.17. The van der Waals surface area contributed by atoms with Gasteiger partial charge in [0.15, 0.2) is 0 Å². The second kappa shape index (κ2) is 4.96. The van der Waals surface area contributed by atoms with Crippen molar-refractivity contribution < 1.29 is 9.84 Å². The van der Waals surface area contributed by atoms with Crippen molar-refractivity contribution in [3.63, 3.8) is 0 Å². The van der Waals surface area contributed by atoms with Gasteiger partial charge < -0.3 is 9.84 Å². The van der Waals surface area contributed by atoms with Crippen molar-refractivity contribution in [1.29, 1.82) is 0 Å². The SMILES string of the molecule is Cc1nn(C)c(CC(O)C2COC(C)C2)c1Cl. The lowest BCUT2D eigenvalue weighted by Crippen LogP contribution is -2.24. The van der Waals surface area contributed by atoms with Gasteiger partial charge in [-0.15, -0.1) is 0 Å². The first-order chi connectivity index (χ1) is 7.99. The fourth-order valence-electron chi connectivity index (χ4n) is 2.39. The Balaban J connectivity index is 2.05. The van der Waals surface area contributed by atoms with Crippen LogP contribution in [0.4, 0.5) is 0 Å². The van der Waals surface area contributed by atoms with Gasteiger partial charge in [-0.3, -0.25) is 4.68 Å². The number of rotatable bonds is 3. The molecule has 0 saturated carbocycles. The molecule has 1 aromatic rings. The smallest absolute Gasteiger partial charge is 0.0847 e. The van der Waals surface area contributed by atoms with Gasteiger partial charge in [-0.2, -0.15) is 5.10 Å². The lowest BCUT2D eigenvalue weighted by atomic mass is 9.96. The number of aromatic nitrogens is 2. The maximum Gasteiger partial charge on any atom is 0.0847 e. The van der Waals surface area contributed by atoms with Crippen LogP contribution in [-0.2, 0) is 18.2 Å². The van der Waals surface area contributed by atoms with E-state index in [0.717, 1.165) is 17.8 Å². The average Bonchev–Trinajstić information content (AvgIpc) is 2.79. The molecule has 1 N–H and O–H groups in total. The average molecular weight is 259 g/mol. The quantitative estimate of drug-likeness (QED) is 0.898. The third-order valence-corrected chi connectivity index (χ3v) is 3.93. The number of aryl methyl sites for hydroxylation is 2. The summed E-state index contributed by atoms with van der Waals surface area (Å²) in [5.41, 5.74) is 1.71. The Kier molecular flexibility index (Phi) is 3.76. The highest BCUT2D eigenvalue weighted by atomic mass is 35.5. The Morgan fingerprint density at radius 3 is 2.82 bits per heavy atom. The van der Waals surface area contributed by atoms with E-state index in [9.17, 15) is 5.11 Å². The summed E-state index contributed by atoms with van der Waals surface area (Å²) in [4.78, 5) is 0. The molecule has 0 spiro atoms. The molecule has 3 unspecified atom stereocenters. The van der Waals surface area contributed by atoms with Crippen molar-refractivity contribution in [3.05, 3.63) is 16.4 Å². The third-order valence-electron chi connectivity index (χ3n) is 3.44. The maximum absolute atomic E-state index is 10.2. The zero-order chi connectivity index (χ0) is 12.6. The largest absolute Gasteiger partial charge is 0.392 e. The highest BCUT2D eigenvalue weighted by Crippen LogP contribution is 2.27. The summed E-state index contributed by atoms with van der Waals surface area (Å²) < 4.78 is 7.22. The van der Waals surface area contributed by atoms with Gasteiger partial charge in [0.25, 0.3) is 0 Å². The van der Waals surface area contributed by atoms with Crippen molar-refractivity contribution in [3.8, 4) is 0 Å². The van der Waals surface area contributed by atoms with Gasteiger partial charge in [0.05, 0.1) is 35.2 Å².